The normalized spacial score (nSPS) is 11.1. The summed E-state index contributed by atoms with van der Waals surface area (Å²) in [5.74, 6) is 1.03. The van der Waals surface area contributed by atoms with Crippen LogP contribution in [-0.2, 0) is 0 Å². The second-order valence-electron chi connectivity index (χ2n) is 8.06. The minimum Gasteiger partial charge on any atom is -0.460 e. The van der Waals surface area contributed by atoms with Gasteiger partial charge in [-0.25, -0.2) is 4.68 Å². The molecule has 0 saturated heterocycles. The third kappa shape index (κ3) is 4.87. The highest BCUT2D eigenvalue weighted by molar-refractivity contribution is 6.42. The van der Waals surface area contributed by atoms with Gasteiger partial charge in [-0.1, -0.05) is 83.9 Å². The van der Waals surface area contributed by atoms with E-state index in [1.807, 2.05) is 79.7 Å². The van der Waals surface area contributed by atoms with E-state index in [9.17, 15) is 4.79 Å². The SMILES string of the molecule is Cc1ccc(-c2cc(C(=O)NC(c3ccccc3)c3ccccc3)n(-c3ccc(Cl)c(Cl)c3)n2)o1. The lowest BCUT2D eigenvalue weighted by Gasteiger charge is -2.20. The highest BCUT2D eigenvalue weighted by Gasteiger charge is 2.23. The summed E-state index contributed by atoms with van der Waals surface area (Å²) in [6.07, 6.45) is 0. The Kier molecular flexibility index (Phi) is 6.45. The van der Waals surface area contributed by atoms with Crippen molar-refractivity contribution in [1.29, 1.82) is 0 Å². The van der Waals surface area contributed by atoms with E-state index in [2.05, 4.69) is 10.4 Å². The molecule has 0 unspecified atom stereocenters. The summed E-state index contributed by atoms with van der Waals surface area (Å²) in [6.45, 7) is 1.86. The van der Waals surface area contributed by atoms with Gasteiger partial charge < -0.3 is 9.73 Å². The molecule has 0 aliphatic carbocycles. The maximum atomic E-state index is 13.7. The Hall–Kier alpha value is -3.80. The average molecular weight is 502 g/mol. The second kappa shape index (κ2) is 9.82. The summed E-state index contributed by atoms with van der Waals surface area (Å²) in [5, 5.41) is 8.64. The van der Waals surface area contributed by atoms with E-state index >= 15 is 0 Å². The van der Waals surface area contributed by atoms with E-state index in [4.69, 9.17) is 27.6 Å². The van der Waals surface area contributed by atoms with Crippen LogP contribution in [0.5, 0.6) is 0 Å². The number of aromatic nitrogens is 2. The minimum absolute atomic E-state index is 0.296. The van der Waals surface area contributed by atoms with Gasteiger partial charge in [0.25, 0.3) is 5.91 Å². The third-order valence-corrected chi connectivity index (χ3v) is 6.36. The van der Waals surface area contributed by atoms with Crippen LogP contribution in [0.2, 0.25) is 10.0 Å². The number of nitrogens with zero attached hydrogens (tertiary/aromatic N) is 2. The van der Waals surface area contributed by atoms with Crippen LogP contribution in [0.15, 0.2) is 101 Å². The molecule has 1 amide bonds. The molecule has 0 bridgehead atoms. The molecule has 0 spiro atoms. The summed E-state index contributed by atoms with van der Waals surface area (Å²) in [6, 6.07) is 29.8. The molecule has 0 radical (unpaired) electrons. The van der Waals surface area contributed by atoms with Crippen LogP contribution in [-0.4, -0.2) is 15.7 Å². The fourth-order valence-electron chi connectivity index (χ4n) is 3.90. The van der Waals surface area contributed by atoms with Crippen molar-refractivity contribution in [2.75, 3.05) is 0 Å². The molecule has 35 heavy (non-hydrogen) atoms. The Morgan fingerprint density at radius 1 is 0.857 bits per heavy atom. The van der Waals surface area contributed by atoms with Crippen molar-refractivity contribution < 1.29 is 9.21 Å². The van der Waals surface area contributed by atoms with Crippen LogP contribution in [0.1, 0.15) is 33.4 Å². The van der Waals surface area contributed by atoms with Gasteiger partial charge in [0.05, 0.1) is 21.8 Å². The van der Waals surface area contributed by atoms with E-state index in [0.717, 1.165) is 16.9 Å². The van der Waals surface area contributed by atoms with Crippen LogP contribution in [0.25, 0.3) is 17.1 Å². The number of rotatable bonds is 6. The average Bonchev–Trinajstić information content (AvgIpc) is 3.52. The van der Waals surface area contributed by atoms with Gasteiger partial charge >= 0.3 is 0 Å². The molecule has 3 aromatic carbocycles. The van der Waals surface area contributed by atoms with Crippen molar-refractivity contribution in [3.05, 3.63) is 130 Å². The molecule has 2 aromatic heterocycles. The first kappa shape index (κ1) is 23.0. The maximum Gasteiger partial charge on any atom is 0.270 e. The van der Waals surface area contributed by atoms with Crippen LogP contribution in [0.3, 0.4) is 0 Å². The smallest absolute Gasteiger partial charge is 0.270 e. The number of aryl methyl sites for hydroxylation is 1. The molecular formula is C28H21Cl2N3O2. The number of carbonyl (C=O) groups is 1. The van der Waals surface area contributed by atoms with E-state index < -0.39 is 0 Å². The minimum atomic E-state index is -0.351. The molecule has 174 valence electrons. The third-order valence-electron chi connectivity index (χ3n) is 5.62. The van der Waals surface area contributed by atoms with Gasteiger partial charge in [0.15, 0.2) is 5.76 Å². The van der Waals surface area contributed by atoms with Crippen LogP contribution >= 0.6 is 23.2 Å². The fraction of sp³-hybridized carbons (Fsp3) is 0.0714. The first-order valence-corrected chi connectivity index (χ1v) is 11.8. The van der Waals surface area contributed by atoms with Crippen molar-refractivity contribution in [3.63, 3.8) is 0 Å². The van der Waals surface area contributed by atoms with Gasteiger partial charge in [-0.15, -0.1) is 0 Å². The predicted molar refractivity (Wildman–Crippen MR) is 138 cm³/mol. The molecule has 0 aliphatic rings. The Morgan fingerprint density at radius 2 is 1.51 bits per heavy atom. The molecule has 7 heteroatoms. The maximum absolute atomic E-state index is 13.7. The molecule has 0 atom stereocenters. The van der Waals surface area contributed by atoms with Crippen molar-refractivity contribution in [1.82, 2.24) is 15.1 Å². The lowest BCUT2D eigenvalue weighted by atomic mass is 9.98. The van der Waals surface area contributed by atoms with E-state index in [-0.39, 0.29) is 11.9 Å². The molecule has 0 fully saturated rings. The Balaban J connectivity index is 1.58. The number of benzene rings is 3. The monoisotopic (exact) mass is 501 g/mol. The van der Waals surface area contributed by atoms with Gasteiger partial charge in [-0.05, 0) is 48.4 Å². The number of furan rings is 1. The van der Waals surface area contributed by atoms with Gasteiger partial charge in [0.2, 0.25) is 0 Å². The van der Waals surface area contributed by atoms with Crippen molar-refractivity contribution in [2.45, 2.75) is 13.0 Å². The second-order valence-corrected chi connectivity index (χ2v) is 8.88. The zero-order valence-corrected chi connectivity index (χ0v) is 20.3. The predicted octanol–water partition coefficient (Wildman–Crippen LogP) is 7.27. The van der Waals surface area contributed by atoms with Crippen molar-refractivity contribution in [2.24, 2.45) is 0 Å². The van der Waals surface area contributed by atoms with Crippen LogP contribution in [0.4, 0.5) is 0 Å². The van der Waals surface area contributed by atoms with Crippen LogP contribution < -0.4 is 5.32 Å². The molecule has 1 N–H and O–H groups in total. The zero-order valence-electron chi connectivity index (χ0n) is 18.8. The molecule has 2 heterocycles. The molecular weight excluding hydrogens is 481 g/mol. The topological polar surface area (TPSA) is 60.1 Å². The summed E-state index contributed by atoms with van der Waals surface area (Å²) < 4.78 is 7.31. The van der Waals surface area contributed by atoms with E-state index in [0.29, 0.717) is 32.9 Å². The number of carbonyl (C=O) groups excluding carboxylic acids is 1. The first-order chi connectivity index (χ1) is 17.0. The van der Waals surface area contributed by atoms with Gasteiger partial charge in [-0.3, -0.25) is 4.79 Å². The van der Waals surface area contributed by atoms with Gasteiger partial charge in [-0.2, -0.15) is 5.10 Å². The van der Waals surface area contributed by atoms with Crippen molar-refractivity contribution in [3.8, 4) is 17.1 Å². The van der Waals surface area contributed by atoms with Gasteiger partial charge in [0.1, 0.15) is 17.1 Å². The summed E-state index contributed by atoms with van der Waals surface area (Å²) in [4.78, 5) is 13.7. The zero-order chi connectivity index (χ0) is 24.4. The van der Waals surface area contributed by atoms with Gasteiger partial charge in [0, 0.05) is 6.07 Å². The van der Waals surface area contributed by atoms with E-state index in [1.54, 1.807) is 28.9 Å². The number of hydrogen-bond acceptors (Lipinski definition) is 3. The Labute approximate surface area is 212 Å². The number of hydrogen-bond donors (Lipinski definition) is 1. The fourth-order valence-corrected chi connectivity index (χ4v) is 4.20. The summed E-state index contributed by atoms with van der Waals surface area (Å²) in [5.41, 5.74) is 3.41. The lowest BCUT2D eigenvalue weighted by Crippen LogP contribution is -2.31. The molecule has 0 aliphatic heterocycles. The molecule has 0 saturated carbocycles. The summed E-state index contributed by atoms with van der Waals surface area (Å²) in [7, 11) is 0. The number of nitrogens with one attached hydrogen (secondary N) is 1. The quantitative estimate of drug-likeness (QED) is 0.266. The Morgan fingerprint density at radius 3 is 2.09 bits per heavy atom. The highest BCUT2D eigenvalue weighted by Crippen LogP contribution is 2.29. The molecule has 5 rings (SSSR count). The Bertz CT molecular complexity index is 1440. The number of amides is 1. The van der Waals surface area contributed by atoms with Crippen molar-refractivity contribution >= 4 is 29.1 Å². The summed E-state index contributed by atoms with van der Waals surface area (Å²) >= 11 is 12.4. The largest absolute Gasteiger partial charge is 0.460 e. The standard InChI is InChI=1S/C28H21Cl2N3O2/c1-18-12-15-26(35-18)24-17-25(33(32-24)21-13-14-22(29)23(30)16-21)28(34)31-27(19-8-4-2-5-9-19)20-10-6-3-7-11-20/h2-17,27H,1H3,(H,31,34). The number of halogens is 2. The molecule has 5 aromatic rings. The lowest BCUT2D eigenvalue weighted by molar-refractivity contribution is 0.0935. The highest BCUT2D eigenvalue weighted by atomic mass is 35.5. The molecule has 5 nitrogen and oxygen atoms in total. The van der Waals surface area contributed by atoms with E-state index in [1.165, 1.54) is 0 Å². The first-order valence-electron chi connectivity index (χ1n) is 11.0. The van der Waals surface area contributed by atoms with Crippen LogP contribution in [0, 0.1) is 6.92 Å².